The summed E-state index contributed by atoms with van der Waals surface area (Å²) in [5.74, 6) is -1.88. The molecule has 2 aromatic heterocycles. The lowest BCUT2D eigenvalue weighted by molar-refractivity contribution is -0.146. The molecular formula is C24H20F6N6O2S. The number of anilines is 1. The van der Waals surface area contributed by atoms with Crippen molar-refractivity contribution < 1.29 is 36.0 Å². The first-order valence-corrected chi connectivity index (χ1v) is 12.8. The molecule has 15 heteroatoms. The summed E-state index contributed by atoms with van der Waals surface area (Å²) >= 11 is 1.38. The fraction of sp³-hybridized carbons (Fsp3) is 0.417. The van der Waals surface area contributed by atoms with Crippen LogP contribution in [-0.4, -0.2) is 57.5 Å². The van der Waals surface area contributed by atoms with Crippen molar-refractivity contribution in [1.82, 2.24) is 19.7 Å². The molecule has 0 aliphatic carbocycles. The van der Waals surface area contributed by atoms with Gasteiger partial charge in [-0.2, -0.15) is 5.10 Å². The van der Waals surface area contributed by atoms with Gasteiger partial charge in [-0.05, 0) is 18.2 Å². The largest absolute Gasteiger partial charge is 0.387 e. The second-order valence-corrected chi connectivity index (χ2v) is 10.7. The Balaban J connectivity index is 1.02. The van der Waals surface area contributed by atoms with Gasteiger partial charge in [-0.3, -0.25) is 9.48 Å². The molecule has 1 atom stereocenters. The predicted molar refractivity (Wildman–Crippen MR) is 127 cm³/mol. The highest BCUT2D eigenvalue weighted by Gasteiger charge is 2.54. The quantitative estimate of drug-likeness (QED) is 0.385. The van der Waals surface area contributed by atoms with E-state index in [0.29, 0.717) is 48.3 Å². The number of likely N-dealkylation sites (tertiary alicyclic amines) is 1. The van der Waals surface area contributed by atoms with Crippen molar-refractivity contribution in [3.63, 3.8) is 0 Å². The Hall–Kier alpha value is -3.62. The maximum atomic E-state index is 14.1. The van der Waals surface area contributed by atoms with Crippen LogP contribution in [0, 0.1) is 17.0 Å². The van der Waals surface area contributed by atoms with Crippen LogP contribution in [0.25, 0.3) is 0 Å². The number of thiazole rings is 1. The number of halogens is 6. The van der Waals surface area contributed by atoms with E-state index in [2.05, 4.69) is 15.2 Å². The molecule has 206 valence electrons. The van der Waals surface area contributed by atoms with Gasteiger partial charge in [0.25, 0.3) is 12.9 Å². The van der Waals surface area contributed by atoms with Gasteiger partial charge in [-0.15, -0.1) is 11.3 Å². The Bertz CT molecular complexity index is 1420. The van der Waals surface area contributed by atoms with Gasteiger partial charge in [0.2, 0.25) is 5.91 Å². The van der Waals surface area contributed by atoms with E-state index in [-0.39, 0.29) is 17.4 Å². The Labute approximate surface area is 221 Å². The van der Waals surface area contributed by atoms with Crippen LogP contribution in [-0.2, 0) is 16.2 Å². The summed E-state index contributed by atoms with van der Waals surface area (Å²) in [6.07, 6.45) is -6.75. The number of hydrogen-bond donors (Lipinski definition) is 0. The van der Waals surface area contributed by atoms with Crippen molar-refractivity contribution in [3.8, 4) is 0 Å². The minimum absolute atomic E-state index is 0.160. The molecule has 1 amide bonds. The highest BCUT2D eigenvalue weighted by atomic mass is 32.1. The SMILES string of the molecule is O=C(Cn1nc(C(F)F)cc1C(F)F)N1CC2(C1)CN(c1nc(C3=NOC(c4c(F)cccc4F)C3)cs1)C2. The van der Waals surface area contributed by atoms with Gasteiger partial charge in [-0.1, -0.05) is 11.2 Å². The number of amides is 1. The minimum atomic E-state index is -3.03. The molecular weight excluding hydrogens is 550 g/mol. The van der Waals surface area contributed by atoms with Crippen LogP contribution in [0.1, 0.15) is 48.0 Å². The number of oxime groups is 1. The molecule has 0 bridgehead atoms. The van der Waals surface area contributed by atoms with E-state index >= 15 is 0 Å². The van der Waals surface area contributed by atoms with Crippen molar-refractivity contribution in [3.05, 3.63) is 63.9 Å². The number of hydrogen-bond acceptors (Lipinski definition) is 7. The molecule has 2 saturated heterocycles. The van der Waals surface area contributed by atoms with E-state index in [4.69, 9.17) is 4.84 Å². The zero-order chi connectivity index (χ0) is 27.5. The normalized spacial score (nSPS) is 19.9. The topological polar surface area (TPSA) is 75.9 Å². The molecule has 3 aliphatic rings. The summed E-state index contributed by atoms with van der Waals surface area (Å²) in [6, 6.07) is 4.23. The summed E-state index contributed by atoms with van der Waals surface area (Å²) in [4.78, 5) is 26.0. The maximum absolute atomic E-state index is 14.1. The van der Waals surface area contributed by atoms with Crippen molar-refractivity contribution >= 4 is 28.1 Å². The molecule has 2 fully saturated rings. The Morgan fingerprint density at radius 3 is 2.49 bits per heavy atom. The van der Waals surface area contributed by atoms with Crippen LogP contribution >= 0.6 is 11.3 Å². The lowest BCUT2D eigenvalue weighted by Crippen LogP contribution is -2.73. The van der Waals surface area contributed by atoms with Crippen LogP contribution in [0.4, 0.5) is 31.5 Å². The molecule has 3 aromatic rings. The molecule has 1 unspecified atom stereocenters. The average molecular weight is 571 g/mol. The number of alkyl halides is 4. The second kappa shape index (κ2) is 9.54. The monoisotopic (exact) mass is 570 g/mol. The highest BCUT2D eigenvalue weighted by Crippen LogP contribution is 2.43. The summed E-state index contributed by atoms with van der Waals surface area (Å²) in [5.41, 5.74) is -0.804. The minimum Gasteiger partial charge on any atom is -0.387 e. The molecule has 6 rings (SSSR count). The molecule has 8 nitrogen and oxygen atoms in total. The maximum Gasteiger partial charge on any atom is 0.282 e. The smallest absolute Gasteiger partial charge is 0.282 e. The van der Waals surface area contributed by atoms with Gasteiger partial charge in [0.05, 0.1) is 5.56 Å². The van der Waals surface area contributed by atoms with E-state index in [1.165, 1.54) is 22.3 Å². The third-order valence-corrected chi connectivity index (χ3v) is 7.97. The first-order valence-electron chi connectivity index (χ1n) is 11.9. The lowest BCUT2D eigenvalue weighted by Gasteiger charge is -2.60. The van der Waals surface area contributed by atoms with Crippen molar-refractivity contribution in [2.45, 2.75) is 31.9 Å². The molecule has 39 heavy (non-hydrogen) atoms. The fourth-order valence-corrected chi connectivity index (χ4v) is 6.01. The highest BCUT2D eigenvalue weighted by molar-refractivity contribution is 7.14. The molecule has 3 aliphatic heterocycles. The number of aromatic nitrogens is 3. The average Bonchev–Trinajstić information content (AvgIpc) is 3.57. The van der Waals surface area contributed by atoms with Gasteiger partial charge in [-0.25, -0.2) is 31.3 Å². The first-order chi connectivity index (χ1) is 18.6. The van der Waals surface area contributed by atoms with Crippen LogP contribution in [0.3, 0.4) is 0 Å². The van der Waals surface area contributed by atoms with Crippen LogP contribution < -0.4 is 4.90 Å². The number of carbonyl (C=O) groups is 1. The van der Waals surface area contributed by atoms with Crippen LogP contribution in [0.15, 0.2) is 34.8 Å². The fourth-order valence-electron chi connectivity index (χ4n) is 5.17. The number of carbonyl (C=O) groups excluding carboxylic acids is 1. The molecule has 0 radical (unpaired) electrons. The molecule has 0 N–H and O–H groups in total. The number of benzene rings is 1. The molecule has 0 saturated carbocycles. The molecule has 5 heterocycles. The van der Waals surface area contributed by atoms with Crippen molar-refractivity contribution in [1.29, 1.82) is 0 Å². The summed E-state index contributed by atoms with van der Waals surface area (Å²) in [7, 11) is 0. The lowest BCUT2D eigenvalue weighted by atomic mass is 9.73. The summed E-state index contributed by atoms with van der Waals surface area (Å²) in [5, 5.41) is 9.96. The third kappa shape index (κ3) is 4.61. The second-order valence-electron chi connectivity index (χ2n) is 9.85. The van der Waals surface area contributed by atoms with E-state index in [1.54, 1.807) is 5.38 Å². The number of nitrogens with zero attached hydrogens (tertiary/aromatic N) is 6. The van der Waals surface area contributed by atoms with E-state index < -0.39 is 54.4 Å². The Kier molecular flexibility index (Phi) is 6.27. The summed E-state index contributed by atoms with van der Waals surface area (Å²) < 4.78 is 80.9. The van der Waals surface area contributed by atoms with E-state index in [9.17, 15) is 31.1 Å². The number of rotatable bonds is 7. The van der Waals surface area contributed by atoms with Gasteiger partial charge >= 0.3 is 0 Å². The molecule has 1 aromatic carbocycles. The zero-order valence-corrected chi connectivity index (χ0v) is 20.9. The van der Waals surface area contributed by atoms with Crippen molar-refractivity contribution in [2.75, 3.05) is 31.1 Å². The predicted octanol–water partition coefficient (Wildman–Crippen LogP) is 4.71. The Morgan fingerprint density at radius 2 is 1.82 bits per heavy atom. The molecule has 1 spiro atoms. The van der Waals surface area contributed by atoms with Crippen LogP contribution in [0.5, 0.6) is 0 Å². The first kappa shape index (κ1) is 25.6. The van der Waals surface area contributed by atoms with Gasteiger partial charge < -0.3 is 14.6 Å². The van der Waals surface area contributed by atoms with Crippen LogP contribution in [0.2, 0.25) is 0 Å². The van der Waals surface area contributed by atoms with Gasteiger partial charge in [0.15, 0.2) is 11.2 Å². The third-order valence-electron chi connectivity index (χ3n) is 7.07. The summed E-state index contributed by atoms with van der Waals surface area (Å²) in [6.45, 7) is 1.52. The van der Waals surface area contributed by atoms with Crippen molar-refractivity contribution in [2.24, 2.45) is 10.6 Å². The van der Waals surface area contributed by atoms with E-state index in [1.807, 2.05) is 4.90 Å². The van der Waals surface area contributed by atoms with Gasteiger partial charge in [0.1, 0.15) is 41.0 Å². The zero-order valence-electron chi connectivity index (χ0n) is 20.0. The Morgan fingerprint density at radius 1 is 1.10 bits per heavy atom. The standard InChI is InChI=1S/C24H20F6N6O2S/c25-12-2-1-3-13(26)20(12)18-5-14(33-38-18)16-7-39-23(31-16)35-10-24(11-35)8-34(9-24)19(37)6-36-17(22(29)30)4-15(32-36)21(27)28/h1-4,7,18,21-22H,5-6,8-11H2. The van der Waals surface area contributed by atoms with E-state index in [0.717, 1.165) is 17.3 Å². The van der Waals surface area contributed by atoms with Gasteiger partial charge in [0, 0.05) is 43.4 Å².